The molecule has 4 nitrogen and oxygen atoms in total. The summed E-state index contributed by atoms with van der Waals surface area (Å²) in [7, 11) is 0. The molecule has 5 heteroatoms. The van der Waals surface area contributed by atoms with Crippen molar-refractivity contribution in [2.45, 2.75) is 32.0 Å². The topological polar surface area (TPSA) is 58.4 Å². The molecule has 0 saturated carbocycles. The highest BCUT2D eigenvalue weighted by Crippen LogP contribution is 2.30. The Bertz CT molecular complexity index is 437. The number of nitrogens with zero attached hydrogens (tertiary/aromatic N) is 1. The molecular formula is C13H19N3OS. The van der Waals surface area contributed by atoms with Gasteiger partial charge in [0.1, 0.15) is 0 Å². The summed E-state index contributed by atoms with van der Waals surface area (Å²) in [6, 6.07) is 3.81. The van der Waals surface area contributed by atoms with Gasteiger partial charge in [0, 0.05) is 24.5 Å². The van der Waals surface area contributed by atoms with Crippen molar-refractivity contribution in [2.75, 3.05) is 13.1 Å². The van der Waals surface area contributed by atoms with Crippen molar-refractivity contribution in [2.24, 2.45) is 11.7 Å². The quantitative estimate of drug-likeness (QED) is 0.868. The van der Waals surface area contributed by atoms with Crippen molar-refractivity contribution in [3.05, 3.63) is 21.9 Å². The van der Waals surface area contributed by atoms with E-state index in [0.29, 0.717) is 6.54 Å². The zero-order chi connectivity index (χ0) is 12.5. The molecule has 0 aliphatic carbocycles. The van der Waals surface area contributed by atoms with Crippen LogP contribution in [0.15, 0.2) is 12.1 Å². The summed E-state index contributed by atoms with van der Waals surface area (Å²) in [4.78, 5) is 16.4. The number of carbonyl (C=O) groups excluding carboxylic acids is 1. The second-order valence-electron chi connectivity index (χ2n) is 5.17. The van der Waals surface area contributed by atoms with Crippen LogP contribution in [0.1, 0.15) is 33.8 Å². The van der Waals surface area contributed by atoms with Gasteiger partial charge in [-0.3, -0.25) is 9.69 Å². The summed E-state index contributed by atoms with van der Waals surface area (Å²) in [5.41, 5.74) is 5.57. The lowest BCUT2D eigenvalue weighted by molar-refractivity contribution is 0.0296. The summed E-state index contributed by atoms with van der Waals surface area (Å²) >= 11 is 1.49. The van der Waals surface area contributed by atoms with Crippen molar-refractivity contribution < 1.29 is 4.79 Å². The first-order valence-corrected chi connectivity index (χ1v) is 7.41. The molecule has 4 heterocycles. The maximum Gasteiger partial charge on any atom is 0.262 e. The predicted octanol–water partition coefficient (Wildman–Crippen LogP) is 1.38. The van der Waals surface area contributed by atoms with E-state index in [1.165, 1.54) is 24.2 Å². The lowest BCUT2D eigenvalue weighted by atomic mass is 9.86. The van der Waals surface area contributed by atoms with Gasteiger partial charge in [0.15, 0.2) is 0 Å². The third-order valence-corrected chi connectivity index (χ3v) is 5.14. The molecule has 98 valence electrons. The predicted molar refractivity (Wildman–Crippen MR) is 72.4 cm³/mol. The first-order valence-electron chi connectivity index (χ1n) is 6.60. The molecule has 1 amide bonds. The number of nitrogens with one attached hydrogen (secondary N) is 1. The Morgan fingerprint density at radius 3 is 2.78 bits per heavy atom. The van der Waals surface area contributed by atoms with E-state index in [4.69, 9.17) is 5.73 Å². The van der Waals surface area contributed by atoms with E-state index in [9.17, 15) is 4.79 Å². The summed E-state index contributed by atoms with van der Waals surface area (Å²) in [5, 5.41) is 3.16. The fourth-order valence-electron chi connectivity index (χ4n) is 2.95. The SMILES string of the molecule is NCc1ccc(C(=O)NC2CC3CCN2CC3)s1. The van der Waals surface area contributed by atoms with Gasteiger partial charge in [-0.1, -0.05) is 0 Å². The molecule has 0 aromatic carbocycles. The van der Waals surface area contributed by atoms with E-state index >= 15 is 0 Å². The molecular weight excluding hydrogens is 246 g/mol. The fourth-order valence-corrected chi connectivity index (χ4v) is 3.74. The number of hydrogen-bond acceptors (Lipinski definition) is 4. The van der Waals surface area contributed by atoms with Gasteiger partial charge in [0.25, 0.3) is 5.91 Å². The molecule has 18 heavy (non-hydrogen) atoms. The first-order chi connectivity index (χ1) is 8.76. The van der Waals surface area contributed by atoms with Crippen molar-refractivity contribution in [1.82, 2.24) is 10.2 Å². The number of thiophene rings is 1. The first kappa shape index (κ1) is 12.1. The van der Waals surface area contributed by atoms with Gasteiger partial charge in [-0.05, 0) is 37.3 Å². The number of rotatable bonds is 3. The standard InChI is InChI=1S/C13H19N3OS/c14-8-10-1-2-11(18-10)13(17)15-12-7-9-3-5-16(12)6-4-9/h1-2,9,12H,3-8,14H2,(H,15,17). The molecule has 3 saturated heterocycles. The number of hydrogen-bond donors (Lipinski definition) is 2. The second kappa shape index (κ2) is 4.99. The van der Waals surface area contributed by atoms with Crippen molar-refractivity contribution in [3.8, 4) is 0 Å². The minimum Gasteiger partial charge on any atom is -0.336 e. The van der Waals surface area contributed by atoms with Gasteiger partial charge in [-0.15, -0.1) is 11.3 Å². The van der Waals surface area contributed by atoms with E-state index in [-0.39, 0.29) is 12.1 Å². The average molecular weight is 265 g/mol. The molecule has 2 bridgehead atoms. The van der Waals surface area contributed by atoms with Crippen LogP contribution in [-0.4, -0.2) is 30.1 Å². The molecule has 3 aliphatic heterocycles. The monoisotopic (exact) mass is 265 g/mol. The largest absolute Gasteiger partial charge is 0.336 e. The Kier molecular flexibility index (Phi) is 3.37. The van der Waals surface area contributed by atoms with Crippen molar-refractivity contribution in [3.63, 3.8) is 0 Å². The number of amides is 1. The Balaban J connectivity index is 1.64. The highest BCUT2D eigenvalue weighted by molar-refractivity contribution is 7.14. The zero-order valence-corrected chi connectivity index (χ0v) is 11.2. The zero-order valence-electron chi connectivity index (χ0n) is 10.4. The lowest BCUT2D eigenvalue weighted by Crippen LogP contribution is -2.56. The molecule has 1 aromatic rings. The minimum absolute atomic E-state index is 0.0530. The van der Waals surface area contributed by atoms with Crippen LogP contribution in [0, 0.1) is 5.92 Å². The smallest absolute Gasteiger partial charge is 0.262 e. The van der Waals surface area contributed by atoms with Crippen LogP contribution < -0.4 is 11.1 Å². The minimum atomic E-state index is 0.0530. The van der Waals surface area contributed by atoms with E-state index in [1.54, 1.807) is 0 Å². The molecule has 3 aliphatic rings. The van der Waals surface area contributed by atoms with Gasteiger partial charge < -0.3 is 11.1 Å². The average Bonchev–Trinajstić information content (AvgIpc) is 2.89. The molecule has 4 rings (SSSR count). The molecule has 3 N–H and O–H groups in total. The molecule has 3 fully saturated rings. The number of piperidine rings is 3. The molecule has 1 atom stereocenters. The number of nitrogens with two attached hydrogens (primary N) is 1. The maximum absolute atomic E-state index is 12.2. The number of fused-ring (bicyclic) bond motifs is 3. The van der Waals surface area contributed by atoms with Crippen molar-refractivity contribution in [1.29, 1.82) is 0 Å². The summed E-state index contributed by atoms with van der Waals surface area (Å²) in [5.74, 6) is 0.862. The van der Waals surface area contributed by atoms with E-state index < -0.39 is 0 Å². The Hall–Kier alpha value is -0.910. The van der Waals surface area contributed by atoms with Gasteiger partial charge in [-0.2, -0.15) is 0 Å². The molecule has 0 radical (unpaired) electrons. The van der Waals surface area contributed by atoms with Crippen LogP contribution in [0.4, 0.5) is 0 Å². The van der Waals surface area contributed by atoms with E-state index in [0.717, 1.165) is 35.2 Å². The Labute approximate surface area is 111 Å². The lowest BCUT2D eigenvalue weighted by Gasteiger charge is -2.45. The van der Waals surface area contributed by atoms with E-state index in [2.05, 4.69) is 10.2 Å². The van der Waals surface area contributed by atoms with E-state index in [1.807, 2.05) is 12.1 Å². The normalized spacial score (nSPS) is 30.4. The Morgan fingerprint density at radius 2 is 2.22 bits per heavy atom. The van der Waals surface area contributed by atoms with Crippen LogP contribution in [0.3, 0.4) is 0 Å². The molecule has 0 spiro atoms. The highest BCUT2D eigenvalue weighted by atomic mass is 32.1. The fraction of sp³-hybridized carbons (Fsp3) is 0.615. The second-order valence-corrected chi connectivity index (χ2v) is 6.34. The van der Waals surface area contributed by atoms with Crippen LogP contribution in [0.2, 0.25) is 0 Å². The van der Waals surface area contributed by atoms with Crippen molar-refractivity contribution >= 4 is 17.2 Å². The third kappa shape index (κ3) is 2.30. The highest BCUT2D eigenvalue weighted by Gasteiger charge is 2.34. The summed E-state index contributed by atoms with van der Waals surface area (Å²) < 4.78 is 0. The van der Waals surface area contributed by atoms with Crippen LogP contribution in [0.5, 0.6) is 0 Å². The number of carbonyl (C=O) groups is 1. The van der Waals surface area contributed by atoms with Crippen LogP contribution in [0.25, 0.3) is 0 Å². The Morgan fingerprint density at radius 1 is 1.44 bits per heavy atom. The molecule has 1 aromatic heterocycles. The van der Waals surface area contributed by atoms with Gasteiger partial charge in [0.05, 0.1) is 11.0 Å². The third-order valence-electron chi connectivity index (χ3n) is 4.03. The summed E-state index contributed by atoms with van der Waals surface area (Å²) in [6.07, 6.45) is 3.94. The van der Waals surface area contributed by atoms with Gasteiger partial charge in [-0.25, -0.2) is 0 Å². The van der Waals surface area contributed by atoms with Crippen LogP contribution >= 0.6 is 11.3 Å². The van der Waals surface area contributed by atoms with Gasteiger partial charge >= 0.3 is 0 Å². The summed E-state index contributed by atoms with van der Waals surface area (Å²) in [6.45, 7) is 2.78. The molecule has 1 unspecified atom stereocenters. The van der Waals surface area contributed by atoms with Crippen LogP contribution in [-0.2, 0) is 6.54 Å². The maximum atomic E-state index is 12.2. The van der Waals surface area contributed by atoms with Gasteiger partial charge in [0.2, 0.25) is 0 Å².